The highest BCUT2D eigenvalue weighted by Crippen LogP contribution is 2.36. The average molecular weight is 505 g/mol. The van der Waals surface area contributed by atoms with Crippen molar-refractivity contribution in [2.45, 2.75) is 59.5 Å². The predicted octanol–water partition coefficient (Wildman–Crippen LogP) is 6.26. The smallest absolute Gasteiger partial charge is 0.419 e. The molecule has 4 aromatic rings. The molecule has 0 saturated carbocycles. The highest BCUT2D eigenvalue weighted by Gasteiger charge is 2.27. The maximum absolute atomic E-state index is 13.3. The zero-order valence-electron chi connectivity index (χ0n) is 22.0. The largest absolute Gasteiger partial charge is 0.489 e. The lowest BCUT2D eigenvalue weighted by atomic mass is 10.1. The maximum atomic E-state index is 13.3. The first-order chi connectivity index (χ1) is 17.6. The van der Waals surface area contributed by atoms with Crippen molar-refractivity contribution in [2.24, 2.45) is 0 Å². The fourth-order valence-electron chi connectivity index (χ4n) is 4.12. The van der Waals surface area contributed by atoms with Gasteiger partial charge >= 0.3 is 12.1 Å². The third kappa shape index (κ3) is 5.75. The lowest BCUT2D eigenvalue weighted by molar-refractivity contribution is 0.0366. The van der Waals surface area contributed by atoms with Crippen molar-refractivity contribution in [1.82, 2.24) is 9.55 Å². The van der Waals surface area contributed by atoms with Crippen LogP contribution in [0, 0.1) is 0 Å². The highest BCUT2D eigenvalue weighted by atomic mass is 16.6. The summed E-state index contributed by atoms with van der Waals surface area (Å²) in [7, 11) is 1.54. The molecule has 0 aliphatic heterocycles. The Morgan fingerprint density at radius 3 is 2.38 bits per heavy atom. The summed E-state index contributed by atoms with van der Waals surface area (Å²) in [5.41, 5.74) is 2.09. The second-order valence-corrected chi connectivity index (χ2v) is 10.0. The molecule has 0 bridgehead atoms. The number of carbonyl (C=O) groups excluding carboxylic acids is 2. The number of carbonyl (C=O) groups is 2. The van der Waals surface area contributed by atoms with E-state index in [0.29, 0.717) is 39.7 Å². The van der Waals surface area contributed by atoms with Gasteiger partial charge in [-0.05, 0) is 58.4 Å². The van der Waals surface area contributed by atoms with E-state index in [9.17, 15) is 9.59 Å². The minimum atomic E-state index is -0.706. The Balaban J connectivity index is 1.93. The molecule has 0 aliphatic carbocycles. The molecule has 0 radical (unpaired) electrons. The summed E-state index contributed by atoms with van der Waals surface area (Å²) in [6.45, 7) is 9.45. The van der Waals surface area contributed by atoms with Gasteiger partial charge in [0.15, 0.2) is 5.69 Å². The second-order valence-electron chi connectivity index (χ2n) is 10.0. The molecule has 37 heavy (non-hydrogen) atoms. The minimum absolute atomic E-state index is 0.0927. The molecule has 2 aromatic heterocycles. The van der Waals surface area contributed by atoms with Crippen molar-refractivity contribution in [3.8, 4) is 5.75 Å². The van der Waals surface area contributed by atoms with E-state index in [1.54, 1.807) is 13.8 Å². The maximum Gasteiger partial charge on any atom is 0.419 e. The van der Waals surface area contributed by atoms with E-state index in [4.69, 9.17) is 18.9 Å². The van der Waals surface area contributed by atoms with Gasteiger partial charge in [0.05, 0.1) is 29.9 Å². The van der Waals surface area contributed by atoms with Crippen LogP contribution in [0.5, 0.6) is 5.75 Å². The summed E-state index contributed by atoms with van der Waals surface area (Å²) >= 11 is 0. The average Bonchev–Trinajstić information content (AvgIpc) is 3.16. The molecule has 8 heteroatoms. The Kier molecular flexibility index (Phi) is 7.50. The lowest BCUT2D eigenvalue weighted by Crippen LogP contribution is -2.27. The summed E-state index contributed by atoms with van der Waals surface area (Å²) < 4.78 is 24.1. The third-order valence-corrected chi connectivity index (χ3v) is 5.53. The number of pyridine rings is 1. The normalized spacial score (nSPS) is 11.8. The van der Waals surface area contributed by atoms with Crippen LogP contribution in [0.25, 0.3) is 21.8 Å². The number of nitrogens with zero attached hydrogens (tertiary/aromatic N) is 2. The highest BCUT2D eigenvalue weighted by molar-refractivity contribution is 6.15. The van der Waals surface area contributed by atoms with Crippen LogP contribution in [-0.2, 0) is 27.4 Å². The Morgan fingerprint density at radius 1 is 1.00 bits per heavy atom. The summed E-state index contributed by atoms with van der Waals surface area (Å²) in [6, 6.07) is 15.3. The van der Waals surface area contributed by atoms with E-state index in [2.05, 4.69) is 4.98 Å². The number of methoxy groups -OCH3 is 1. The number of aromatic nitrogens is 2. The van der Waals surface area contributed by atoms with Gasteiger partial charge in [-0.1, -0.05) is 30.3 Å². The number of rotatable bonds is 7. The summed E-state index contributed by atoms with van der Waals surface area (Å²) in [5, 5.41) is 1.36. The van der Waals surface area contributed by atoms with Crippen molar-refractivity contribution >= 4 is 33.9 Å². The predicted molar refractivity (Wildman–Crippen MR) is 141 cm³/mol. The molecule has 4 rings (SSSR count). The summed E-state index contributed by atoms with van der Waals surface area (Å²) in [6.07, 6.45) is 0.634. The standard InChI is InChI=1S/C29H32N2O6/c1-18(2)36-27(32)26-22(17-34-6)25-21-14-20(35-16-19-10-8-7-9-11-19)12-13-23(21)31(24(25)15-30-26)28(33)37-29(3,4)5/h7-15,18H,16-17H2,1-6H3. The van der Waals surface area contributed by atoms with Gasteiger partial charge in [0.2, 0.25) is 0 Å². The number of ether oxygens (including phenoxy) is 4. The number of fused-ring (bicyclic) bond motifs is 3. The fraction of sp³-hybridized carbons (Fsp3) is 0.345. The topological polar surface area (TPSA) is 88.9 Å². The first-order valence-corrected chi connectivity index (χ1v) is 12.1. The molecule has 0 fully saturated rings. The van der Waals surface area contributed by atoms with Gasteiger partial charge in [0.25, 0.3) is 0 Å². The zero-order valence-corrected chi connectivity index (χ0v) is 22.0. The molecule has 0 spiro atoms. The van der Waals surface area contributed by atoms with Crippen LogP contribution in [0.1, 0.15) is 56.2 Å². The molecule has 0 saturated heterocycles. The second kappa shape index (κ2) is 10.6. The summed E-state index contributed by atoms with van der Waals surface area (Å²) in [5.74, 6) is 0.0599. The monoisotopic (exact) mass is 504 g/mol. The molecule has 0 amide bonds. The van der Waals surface area contributed by atoms with Gasteiger partial charge in [-0.3, -0.25) is 0 Å². The van der Waals surface area contributed by atoms with Crippen LogP contribution >= 0.6 is 0 Å². The van der Waals surface area contributed by atoms with Crippen molar-refractivity contribution in [2.75, 3.05) is 7.11 Å². The molecule has 0 unspecified atom stereocenters. The van der Waals surface area contributed by atoms with E-state index in [0.717, 1.165) is 5.56 Å². The van der Waals surface area contributed by atoms with Crippen LogP contribution in [0.3, 0.4) is 0 Å². The van der Waals surface area contributed by atoms with Crippen LogP contribution in [0.15, 0.2) is 54.7 Å². The number of hydrogen-bond acceptors (Lipinski definition) is 7. The number of esters is 1. The molecular formula is C29H32N2O6. The quantitative estimate of drug-likeness (QED) is 0.274. The van der Waals surface area contributed by atoms with Crippen LogP contribution in [0.4, 0.5) is 4.79 Å². The Hall–Kier alpha value is -3.91. The van der Waals surface area contributed by atoms with Crippen molar-refractivity contribution in [1.29, 1.82) is 0 Å². The minimum Gasteiger partial charge on any atom is -0.489 e. The Morgan fingerprint density at radius 2 is 1.73 bits per heavy atom. The zero-order chi connectivity index (χ0) is 26.7. The van der Waals surface area contributed by atoms with E-state index in [1.165, 1.54) is 17.9 Å². The molecular weight excluding hydrogens is 472 g/mol. The molecule has 8 nitrogen and oxygen atoms in total. The molecule has 0 N–H and O–H groups in total. The van der Waals surface area contributed by atoms with Crippen molar-refractivity contribution in [3.63, 3.8) is 0 Å². The fourth-order valence-corrected chi connectivity index (χ4v) is 4.12. The molecule has 194 valence electrons. The number of hydrogen-bond donors (Lipinski definition) is 0. The van der Waals surface area contributed by atoms with E-state index in [1.807, 2.05) is 69.3 Å². The first kappa shape index (κ1) is 26.2. The lowest BCUT2D eigenvalue weighted by Gasteiger charge is -2.20. The van der Waals surface area contributed by atoms with Gasteiger partial charge in [0, 0.05) is 23.4 Å². The Bertz CT molecular complexity index is 1430. The number of benzene rings is 2. The van der Waals surface area contributed by atoms with Crippen LogP contribution in [0.2, 0.25) is 0 Å². The SMILES string of the molecule is COCc1c(C(=O)OC(C)C)ncc2c1c1cc(OCc3ccccc3)ccc1n2C(=O)OC(C)(C)C. The van der Waals surface area contributed by atoms with Gasteiger partial charge in [-0.15, -0.1) is 0 Å². The van der Waals surface area contributed by atoms with Crippen LogP contribution in [-0.4, -0.2) is 40.4 Å². The first-order valence-electron chi connectivity index (χ1n) is 12.1. The van der Waals surface area contributed by atoms with Crippen LogP contribution < -0.4 is 4.74 Å². The van der Waals surface area contributed by atoms with Crippen molar-refractivity contribution < 1.29 is 28.5 Å². The molecule has 2 heterocycles. The van der Waals surface area contributed by atoms with Gasteiger partial charge in [-0.2, -0.15) is 0 Å². The van der Waals surface area contributed by atoms with Gasteiger partial charge in [0.1, 0.15) is 18.0 Å². The molecule has 2 aromatic carbocycles. The van der Waals surface area contributed by atoms with Gasteiger partial charge < -0.3 is 18.9 Å². The Labute approximate surface area is 216 Å². The van der Waals surface area contributed by atoms with Crippen molar-refractivity contribution in [3.05, 3.63) is 71.5 Å². The molecule has 0 atom stereocenters. The van der Waals surface area contributed by atoms with E-state index < -0.39 is 17.7 Å². The van der Waals surface area contributed by atoms with E-state index >= 15 is 0 Å². The van der Waals surface area contributed by atoms with E-state index in [-0.39, 0.29) is 18.4 Å². The molecule has 0 aliphatic rings. The van der Waals surface area contributed by atoms with Gasteiger partial charge in [-0.25, -0.2) is 19.1 Å². The third-order valence-electron chi connectivity index (χ3n) is 5.53. The summed E-state index contributed by atoms with van der Waals surface area (Å²) in [4.78, 5) is 30.7.